The van der Waals surface area contributed by atoms with Crippen molar-refractivity contribution in [3.8, 4) is 0 Å². The molecule has 0 unspecified atom stereocenters. The Balaban J connectivity index is 1.75. The molecule has 0 saturated heterocycles. The molecule has 0 aliphatic carbocycles. The summed E-state index contributed by atoms with van der Waals surface area (Å²) in [6, 6.07) is 13.6. The summed E-state index contributed by atoms with van der Waals surface area (Å²) in [4.78, 5) is 5.80. The summed E-state index contributed by atoms with van der Waals surface area (Å²) < 4.78 is 5.53. The highest BCUT2D eigenvalue weighted by molar-refractivity contribution is 7.97. The number of aryl methyl sites for hydroxylation is 1. The maximum absolute atomic E-state index is 9.26. The molecule has 0 amide bonds. The van der Waals surface area contributed by atoms with Crippen molar-refractivity contribution in [3.63, 3.8) is 0 Å². The van der Waals surface area contributed by atoms with Crippen molar-refractivity contribution in [1.82, 2.24) is 14.3 Å². The summed E-state index contributed by atoms with van der Waals surface area (Å²) in [6.45, 7) is 3.66. The predicted molar refractivity (Wildman–Crippen MR) is 95.5 cm³/mol. The van der Waals surface area contributed by atoms with Gasteiger partial charge in [-0.2, -0.15) is 0 Å². The Bertz CT molecular complexity index is 801. The van der Waals surface area contributed by atoms with Crippen LogP contribution in [-0.4, -0.2) is 14.7 Å². The fourth-order valence-electron chi connectivity index (χ4n) is 2.50. The molecular formula is C17H18ClN3OS. The van der Waals surface area contributed by atoms with E-state index in [9.17, 15) is 5.11 Å². The van der Waals surface area contributed by atoms with E-state index in [0.717, 1.165) is 38.9 Å². The minimum absolute atomic E-state index is 0.0366. The van der Waals surface area contributed by atoms with Gasteiger partial charge < -0.3 is 9.67 Å². The van der Waals surface area contributed by atoms with Crippen molar-refractivity contribution >= 4 is 34.6 Å². The van der Waals surface area contributed by atoms with Crippen LogP contribution in [0.5, 0.6) is 0 Å². The van der Waals surface area contributed by atoms with Crippen LogP contribution in [0, 0.1) is 0 Å². The zero-order valence-corrected chi connectivity index (χ0v) is 14.4. The highest BCUT2D eigenvalue weighted by atomic mass is 35.5. The first-order valence-electron chi connectivity index (χ1n) is 7.45. The zero-order valence-electron chi connectivity index (χ0n) is 12.8. The van der Waals surface area contributed by atoms with Crippen LogP contribution in [0.3, 0.4) is 0 Å². The van der Waals surface area contributed by atoms with Crippen LogP contribution in [0.4, 0.5) is 0 Å². The molecule has 3 aromatic rings. The van der Waals surface area contributed by atoms with E-state index in [2.05, 4.69) is 16.2 Å². The van der Waals surface area contributed by atoms with Gasteiger partial charge in [-0.3, -0.25) is 4.72 Å². The highest BCUT2D eigenvalue weighted by Crippen LogP contribution is 2.21. The third kappa shape index (κ3) is 3.70. The quantitative estimate of drug-likeness (QED) is 0.662. The molecule has 0 atom stereocenters. The number of halogens is 1. The third-order valence-electron chi connectivity index (χ3n) is 3.62. The van der Waals surface area contributed by atoms with Crippen molar-refractivity contribution in [3.05, 3.63) is 58.9 Å². The van der Waals surface area contributed by atoms with Gasteiger partial charge in [0.1, 0.15) is 5.82 Å². The van der Waals surface area contributed by atoms with E-state index in [1.165, 1.54) is 0 Å². The largest absolute Gasteiger partial charge is 0.392 e. The summed E-state index contributed by atoms with van der Waals surface area (Å²) in [5.41, 5.74) is 2.90. The second-order valence-corrected chi connectivity index (χ2v) is 6.53. The summed E-state index contributed by atoms with van der Waals surface area (Å²) in [7, 11) is 0. The van der Waals surface area contributed by atoms with Crippen molar-refractivity contribution in [2.45, 2.75) is 31.5 Å². The summed E-state index contributed by atoms with van der Waals surface area (Å²) in [5, 5.41) is 10.00. The van der Waals surface area contributed by atoms with Gasteiger partial charge in [0.25, 0.3) is 0 Å². The topological polar surface area (TPSA) is 50.1 Å². The average molecular weight is 348 g/mol. The predicted octanol–water partition coefficient (Wildman–Crippen LogP) is 4.00. The number of imidazole rings is 1. The van der Waals surface area contributed by atoms with E-state index in [4.69, 9.17) is 16.6 Å². The summed E-state index contributed by atoms with van der Waals surface area (Å²) in [6.07, 6.45) is 0. The molecule has 1 heterocycles. The van der Waals surface area contributed by atoms with Crippen LogP contribution in [0.25, 0.3) is 11.0 Å². The van der Waals surface area contributed by atoms with E-state index in [0.29, 0.717) is 6.54 Å². The minimum Gasteiger partial charge on any atom is -0.392 e. The Labute approximate surface area is 144 Å². The van der Waals surface area contributed by atoms with Gasteiger partial charge in [0.15, 0.2) is 0 Å². The lowest BCUT2D eigenvalue weighted by atomic mass is 10.2. The lowest BCUT2D eigenvalue weighted by Crippen LogP contribution is -2.10. The summed E-state index contributed by atoms with van der Waals surface area (Å²) in [5.74, 6) is 0.985. The molecule has 2 N–H and O–H groups in total. The van der Waals surface area contributed by atoms with E-state index in [1.54, 1.807) is 11.9 Å². The maximum atomic E-state index is 9.26. The molecule has 120 valence electrons. The van der Waals surface area contributed by atoms with Gasteiger partial charge in [0.2, 0.25) is 0 Å². The lowest BCUT2D eigenvalue weighted by molar-refractivity contribution is 0.282. The Morgan fingerprint density at radius 1 is 1.22 bits per heavy atom. The molecule has 0 fully saturated rings. The number of benzene rings is 2. The number of aromatic nitrogens is 2. The number of nitrogens with zero attached hydrogens (tertiary/aromatic N) is 2. The fraction of sp³-hybridized carbons (Fsp3) is 0.235. The molecule has 0 spiro atoms. The first-order valence-corrected chi connectivity index (χ1v) is 8.65. The molecule has 3 rings (SSSR count). The van der Waals surface area contributed by atoms with Gasteiger partial charge >= 0.3 is 0 Å². The number of hydrogen-bond donors (Lipinski definition) is 2. The molecule has 0 aliphatic heterocycles. The van der Waals surface area contributed by atoms with E-state index < -0.39 is 0 Å². The summed E-state index contributed by atoms with van der Waals surface area (Å²) >= 11 is 7.45. The van der Waals surface area contributed by atoms with Crippen LogP contribution in [0.2, 0.25) is 5.02 Å². The fourth-order valence-corrected chi connectivity index (χ4v) is 3.26. The first kappa shape index (κ1) is 16.3. The third-order valence-corrected chi connectivity index (χ3v) is 4.67. The standard InChI is InChI=1S/C17H18ClN3OS/c1-2-21-16-8-3-12(11-22)9-15(16)20-17(21)10-19-23-14-6-4-13(18)5-7-14/h3-9,19,22H,2,10-11H2,1H3. The molecule has 0 aliphatic rings. The average Bonchev–Trinajstić information content (AvgIpc) is 2.93. The molecule has 1 aromatic heterocycles. The highest BCUT2D eigenvalue weighted by Gasteiger charge is 2.10. The maximum Gasteiger partial charge on any atom is 0.124 e. The van der Waals surface area contributed by atoms with Gasteiger partial charge in [0, 0.05) is 16.5 Å². The van der Waals surface area contributed by atoms with Crippen LogP contribution in [0.15, 0.2) is 47.4 Å². The van der Waals surface area contributed by atoms with E-state index in [1.807, 2.05) is 42.5 Å². The Kier molecular flexibility index (Phi) is 5.23. The number of hydrogen-bond acceptors (Lipinski definition) is 4. The number of nitrogens with one attached hydrogen (secondary N) is 1. The monoisotopic (exact) mass is 347 g/mol. The van der Waals surface area contributed by atoms with Crippen molar-refractivity contribution < 1.29 is 5.11 Å². The van der Waals surface area contributed by atoms with Crippen molar-refractivity contribution in [2.75, 3.05) is 0 Å². The SMILES string of the molecule is CCn1c(CNSc2ccc(Cl)cc2)nc2cc(CO)ccc21. The van der Waals surface area contributed by atoms with Crippen LogP contribution < -0.4 is 4.72 Å². The molecule has 23 heavy (non-hydrogen) atoms. The minimum atomic E-state index is 0.0366. The Hall–Kier alpha value is -1.53. The van der Waals surface area contributed by atoms with Crippen LogP contribution in [0.1, 0.15) is 18.3 Å². The molecule has 2 aromatic carbocycles. The normalized spacial score (nSPS) is 11.3. The van der Waals surface area contributed by atoms with Crippen LogP contribution >= 0.6 is 23.5 Å². The van der Waals surface area contributed by atoms with Gasteiger partial charge in [-0.15, -0.1) is 0 Å². The molecular weight excluding hydrogens is 330 g/mol. The molecule has 6 heteroatoms. The second kappa shape index (κ2) is 7.36. The van der Waals surface area contributed by atoms with Crippen molar-refractivity contribution in [1.29, 1.82) is 0 Å². The smallest absolute Gasteiger partial charge is 0.124 e. The first-order chi connectivity index (χ1) is 11.2. The molecule has 0 saturated carbocycles. The van der Waals surface area contributed by atoms with E-state index >= 15 is 0 Å². The van der Waals surface area contributed by atoms with Gasteiger partial charge in [-0.05, 0) is 60.8 Å². The lowest BCUT2D eigenvalue weighted by Gasteiger charge is -2.07. The van der Waals surface area contributed by atoms with Gasteiger partial charge in [0.05, 0.1) is 24.2 Å². The zero-order chi connectivity index (χ0) is 16.2. The second-order valence-electron chi connectivity index (χ2n) is 5.13. The van der Waals surface area contributed by atoms with E-state index in [-0.39, 0.29) is 6.61 Å². The van der Waals surface area contributed by atoms with Crippen molar-refractivity contribution in [2.24, 2.45) is 0 Å². The van der Waals surface area contributed by atoms with Gasteiger partial charge in [-0.1, -0.05) is 17.7 Å². The Morgan fingerprint density at radius 2 is 2.00 bits per heavy atom. The Morgan fingerprint density at radius 3 is 2.70 bits per heavy atom. The van der Waals surface area contributed by atoms with Gasteiger partial charge in [-0.25, -0.2) is 4.98 Å². The number of aliphatic hydroxyl groups is 1. The van der Waals surface area contributed by atoms with Crippen LogP contribution in [-0.2, 0) is 19.7 Å². The molecule has 0 radical (unpaired) electrons. The number of aliphatic hydroxyl groups excluding tert-OH is 1. The molecule has 4 nitrogen and oxygen atoms in total. The number of rotatable bonds is 6. The molecule has 0 bridgehead atoms. The number of fused-ring (bicyclic) bond motifs is 1.